The third kappa shape index (κ3) is 12.6. The largest absolute Gasteiger partial charge is 0.540 e. The Bertz CT molecular complexity index is 1020. The van der Waals surface area contributed by atoms with Gasteiger partial charge in [-0.25, -0.2) is 0 Å². The Morgan fingerprint density at radius 3 is 1.62 bits per heavy atom. The summed E-state index contributed by atoms with van der Waals surface area (Å²) in [6, 6.07) is 14.7. The molecule has 2 aromatic rings. The molecular formula is C29H45IrNO5S-2. The quantitative estimate of drug-likeness (QED) is 0.208. The zero-order valence-electron chi connectivity index (χ0n) is 24.1. The van der Waals surface area contributed by atoms with Gasteiger partial charge in [-0.3, -0.25) is 4.55 Å². The minimum absolute atomic E-state index is 0. The third-order valence-corrected chi connectivity index (χ3v) is 7.25. The van der Waals surface area contributed by atoms with Crippen LogP contribution in [0.4, 0.5) is 5.69 Å². The van der Waals surface area contributed by atoms with E-state index in [1.54, 1.807) is 14.2 Å². The van der Waals surface area contributed by atoms with Gasteiger partial charge in [0, 0.05) is 25.9 Å². The fourth-order valence-corrected chi connectivity index (χ4v) is 4.28. The molecular weight excluding hydrogens is 667 g/mol. The van der Waals surface area contributed by atoms with Gasteiger partial charge < -0.3 is 21.9 Å². The maximum Gasteiger partial charge on any atom is 0.261 e. The van der Waals surface area contributed by atoms with Crippen molar-refractivity contribution in [3.05, 3.63) is 61.0 Å². The van der Waals surface area contributed by atoms with Crippen molar-refractivity contribution in [3.63, 3.8) is 0 Å². The van der Waals surface area contributed by atoms with Crippen molar-refractivity contribution in [1.82, 2.24) is 0 Å². The van der Waals surface area contributed by atoms with Gasteiger partial charge in [0.05, 0.1) is 26.2 Å². The van der Waals surface area contributed by atoms with Crippen molar-refractivity contribution in [2.24, 2.45) is 34.6 Å². The van der Waals surface area contributed by atoms with E-state index in [2.05, 4.69) is 45.7 Å². The van der Waals surface area contributed by atoms with Gasteiger partial charge in [-0.1, -0.05) is 41.5 Å². The average Bonchev–Trinajstić information content (AvgIpc) is 2.97. The molecule has 8 heteroatoms. The van der Waals surface area contributed by atoms with E-state index in [-0.39, 0.29) is 27.5 Å². The number of aryl methyl sites for hydroxylation is 1. The number of benzene rings is 2. The van der Waals surface area contributed by atoms with Gasteiger partial charge in [-0.2, -0.15) is 8.42 Å². The van der Waals surface area contributed by atoms with Gasteiger partial charge >= 0.3 is 0 Å². The Morgan fingerprint density at radius 2 is 1.30 bits per heavy atom. The molecule has 1 fully saturated rings. The number of hydrogen-bond acceptors (Lipinski definition) is 5. The third-order valence-electron chi connectivity index (χ3n) is 7.25. The molecule has 2 aromatic carbocycles. The van der Waals surface area contributed by atoms with Gasteiger partial charge in [0.1, 0.15) is 5.75 Å². The summed E-state index contributed by atoms with van der Waals surface area (Å²) >= 11 is 0. The van der Waals surface area contributed by atoms with E-state index in [0.717, 1.165) is 63.6 Å². The molecule has 0 unspecified atom stereocenters. The number of hydrogen-bond donors (Lipinski definition) is 1. The van der Waals surface area contributed by atoms with Crippen LogP contribution in [0.1, 0.15) is 52.7 Å². The summed E-state index contributed by atoms with van der Waals surface area (Å²) in [6.07, 6.45) is 0.715. The van der Waals surface area contributed by atoms with Crippen LogP contribution in [-0.4, -0.2) is 39.2 Å². The summed E-state index contributed by atoms with van der Waals surface area (Å²) in [5, 5.41) is 0. The molecule has 3 rings (SSSR count). The summed E-state index contributed by atoms with van der Waals surface area (Å²) in [5.41, 5.74) is 3.90. The minimum atomic E-state index is -3.67. The molecule has 1 saturated carbocycles. The normalized spacial score (nSPS) is 22.7. The van der Waals surface area contributed by atoms with E-state index in [4.69, 9.17) is 14.0 Å². The second-order valence-corrected chi connectivity index (χ2v) is 11.0. The van der Waals surface area contributed by atoms with Crippen LogP contribution in [0.5, 0.6) is 11.5 Å². The van der Waals surface area contributed by atoms with Crippen LogP contribution < -0.4 is 9.47 Å². The number of ether oxygens (including phenoxy) is 2. The van der Waals surface area contributed by atoms with Crippen LogP contribution in [0, 0.1) is 50.0 Å². The van der Waals surface area contributed by atoms with E-state index in [9.17, 15) is 8.42 Å². The van der Waals surface area contributed by atoms with Gasteiger partial charge in [-0.05, 0) is 66.0 Å². The Labute approximate surface area is 239 Å². The Morgan fingerprint density at radius 1 is 0.892 bits per heavy atom. The Kier molecular flexibility index (Phi) is 17.2. The first kappa shape index (κ1) is 37.4. The zero-order chi connectivity index (χ0) is 26.9. The topological polar surface area (TPSA) is 85.2 Å². The molecule has 0 bridgehead atoms. The molecule has 0 spiro atoms. The summed E-state index contributed by atoms with van der Waals surface area (Å²) in [5.74, 6) is 6.31. The van der Waals surface area contributed by atoms with Crippen LogP contribution in [0.15, 0.2) is 41.4 Å². The standard InChI is InChI=1S/C17H18NO2.C10H20.CH4O3S.CH3.Ir/c1-12-11-16(20-4)9-10-17(12)18-13(2)14-5-7-15(19-3)8-6-14;1-6-7(2)9(4)10(5)8(6)3;1-5(2,3)4;;/h5,7-11H,1-4H3;6-10H,1-5H3;1H3,(H,2,3,4);1H3;/q-1;;;-1;. The molecule has 213 valence electrons. The molecule has 0 aromatic heterocycles. The number of rotatable bonds is 4. The maximum absolute atomic E-state index is 9.19. The predicted octanol–water partition coefficient (Wildman–Crippen LogP) is 7.09. The molecule has 6 nitrogen and oxygen atoms in total. The monoisotopic (exact) mass is 712 g/mol. The fourth-order valence-electron chi connectivity index (χ4n) is 4.28. The molecule has 0 saturated heterocycles. The number of methoxy groups -OCH3 is 2. The maximum atomic E-state index is 9.19. The van der Waals surface area contributed by atoms with Crippen LogP contribution in [0.3, 0.4) is 0 Å². The van der Waals surface area contributed by atoms with E-state index in [1.165, 1.54) is 0 Å². The molecule has 0 aliphatic heterocycles. The predicted molar refractivity (Wildman–Crippen MR) is 151 cm³/mol. The number of nitrogens with zero attached hydrogens (tertiary/aromatic N) is 1. The van der Waals surface area contributed by atoms with E-state index >= 15 is 0 Å². The molecule has 0 heterocycles. The summed E-state index contributed by atoms with van der Waals surface area (Å²) in [7, 11) is -0.361. The fraction of sp³-hybridized carbons (Fsp3) is 0.517. The Hall–Kier alpha value is -1.73. The molecule has 1 aliphatic carbocycles. The molecule has 1 N–H and O–H groups in total. The van der Waals surface area contributed by atoms with Gasteiger partial charge in [0.2, 0.25) is 0 Å². The Balaban J connectivity index is 0. The van der Waals surface area contributed by atoms with E-state index < -0.39 is 10.1 Å². The van der Waals surface area contributed by atoms with Gasteiger partial charge in [0.25, 0.3) is 10.1 Å². The van der Waals surface area contributed by atoms with E-state index in [0.29, 0.717) is 6.26 Å². The average molecular weight is 712 g/mol. The molecule has 0 amide bonds. The van der Waals surface area contributed by atoms with Crippen molar-refractivity contribution >= 4 is 21.5 Å². The van der Waals surface area contributed by atoms with Gasteiger partial charge in [-0.15, -0.1) is 29.8 Å². The van der Waals surface area contributed by atoms with Crippen molar-refractivity contribution in [1.29, 1.82) is 0 Å². The smallest absolute Gasteiger partial charge is 0.261 e. The van der Waals surface area contributed by atoms with Crippen molar-refractivity contribution < 1.29 is 42.5 Å². The first-order chi connectivity index (χ1) is 16.2. The van der Waals surface area contributed by atoms with Crippen LogP contribution >= 0.6 is 0 Å². The zero-order valence-corrected chi connectivity index (χ0v) is 27.3. The van der Waals surface area contributed by atoms with Crippen molar-refractivity contribution in [2.45, 2.75) is 48.5 Å². The summed E-state index contributed by atoms with van der Waals surface area (Å²) in [4.78, 5) is 4.65. The second-order valence-electron chi connectivity index (χ2n) is 9.52. The van der Waals surface area contributed by atoms with Crippen molar-refractivity contribution in [2.75, 3.05) is 20.5 Å². The molecule has 37 heavy (non-hydrogen) atoms. The molecule has 1 radical (unpaired) electrons. The molecule has 1 aliphatic rings. The number of aliphatic imine (C=N–C) groups is 1. The summed E-state index contributed by atoms with van der Waals surface area (Å²) < 4.78 is 36.2. The first-order valence-corrected chi connectivity index (χ1v) is 13.7. The minimum Gasteiger partial charge on any atom is -0.540 e. The first-order valence-electron chi connectivity index (χ1n) is 11.9. The van der Waals surface area contributed by atoms with Crippen LogP contribution in [-0.2, 0) is 30.2 Å². The molecule has 0 atom stereocenters. The van der Waals surface area contributed by atoms with Crippen LogP contribution in [0.25, 0.3) is 0 Å². The van der Waals surface area contributed by atoms with Crippen molar-refractivity contribution in [3.8, 4) is 11.5 Å². The second kappa shape index (κ2) is 17.0. The van der Waals surface area contributed by atoms with Gasteiger partial charge in [0.15, 0.2) is 0 Å². The summed E-state index contributed by atoms with van der Waals surface area (Å²) in [6.45, 7) is 16.0. The van der Waals surface area contributed by atoms with Crippen LogP contribution in [0.2, 0.25) is 0 Å². The SMILES string of the molecule is CC1C(C)C(C)C(C)C1C.COc1c[c-]c(C(C)=Nc2ccc(OC)cc2C)cc1.CS(=O)(=O)O.[CH3-].[Ir]. The van der Waals surface area contributed by atoms with E-state index in [1.807, 2.05) is 50.2 Å².